The quantitative estimate of drug-likeness (QED) is 0.752. The molecule has 0 saturated heterocycles. The van der Waals surface area contributed by atoms with Crippen molar-refractivity contribution in [2.24, 2.45) is 0 Å². The Labute approximate surface area is 120 Å². The summed E-state index contributed by atoms with van der Waals surface area (Å²) < 4.78 is 17.6. The number of carbonyl (C=O) groups is 1. The van der Waals surface area contributed by atoms with Crippen molar-refractivity contribution in [2.75, 3.05) is 7.11 Å². The van der Waals surface area contributed by atoms with Crippen LogP contribution in [0.15, 0.2) is 42.5 Å². The maximum atomic E-state index is 12.9. The number of methoxy groups -OCH3 is 1. The van der Waals surface area contributed by atoms with Crippen LogP contribution in [0.3, 0.4) is 0 Å². The van der Waals surface area contributed by atoms with Gasteiger partial charge in [-0.25, -0.2) is 14.2 Å². The number of benzene rings is 2. The van der Waals surface area contributed by atoms with Crippen molar-refractivity contribution in [3.8, 4) is 0 Å². The fraction of sp³-hybridized carbons (Fsp3) is 0.125. The van der Waals surface area contributed by atoms with Crippen LogP contribution in [0.1, 0.15) is 21.7 Å². The summed E-state index contributed by atoms with van der Waals surface area (Å²) in [6, 6.07) is 11.5. The largest absolute Gasteiger partial charge is 0.465 e. The fourth-order valence-corrected chi connectivity index (χ4v) is 2.19. The van der Waals surface area contributed by atoms with Crippen LogP contribution in [0.25, 0.3) is 11.0 Å². The van der Waals surface area contributed by atoms with Gasteiger partial charge in [0.25, 0.3) is 0 Å². The molecule has 0 fully saturated rings. The molecule has 3 aromatic rings. The average molecular weight is 284 g/mol. The zero-order valence-electron chi connectivity index (χ0n) is 11.4. The third-order valence-electron chi connectivity index (χ3n) is 3.24. The average Bonchev–Trinajstić information content (AvgIpc) is 2.90. The van der Waals surface area contributed by atoms with Crippen LogP contribution >= 0.6 is 0 Å². The van der Waals surface area contributed by atoms with Crippen LogP contribution in [0.5, 0.6) is 0 Å². The monoisotopic (exact) mass is 284 g/mol. The number of aromatic amines is 1. The number of rotatable bonds is 3. The number of ether oxygens (including phenoxy) is 1. The van der Waals surface area contributed by atoms with E-state index in [2.05, 4.69) is 9.97 Å². The molecular formula is C16H13FN2O2. The normalized spacial score (nSPS) is 10.8. The summed E-state index contributed by atoms with van der Waals surface area (Å²) in [5.74, 6) is 0.122. The predicted molar refractivity (Wildman–Crippen MR) is 76.6 cm³/mol. The van der Waals surface area contributed by atoms with Gasteiger partial charge >= 0.3 is 5.97 Å². The van der Waals surface area contributed by atoms with Gasteiger partial charge in [-0.2, -0.15) is 0 Å². The fourth-order valence-electron chi connectivity index (χ4n) is 2.19. The highest BCUT2D eigenvalue weighted by Crippen LogP contribution is 2.16. The van der Waals surface area contributed by atoms with Gasteiger partial charge in [-0.05, 0) is 35.9 Å². The lowest BCUT2D eigenvalue weighted by Crippen LogP contribution is -2.00. The van der Waals surface area contributed by atoms with E-state index < -0.39 is 0 Å². The molecule has 1 aromatic heterocycles. The lowest BCUT2D eigenvalue weighted by atomic mass is 10.1. The maximum Gasteiger partial charge on any atom is 0.337 e. The molecule has 106 valence electrons. The summed E-state index contributed by atoms with van der Waals surface area (Å²) in [6.07, 6.45) is 0.572. The van der Waals surface area contributed by atoms with E-state index in [0.29, 0.717) is 12.0 Å². The molecule has 2 aromatic carbocycles. The van der Waals surface area contributed by atoms with Gasteiger partial charge in [0.05, 0.1) is 23.7 Å². The number of imidazole rings is 1. The van der Waals surface area contributed by atoms with E-state index >= 15 is 0 Å². The van der Waals surface area contributed by atoms with Crippen LogP contribution in [-0.4, -0.2) is 23.0 Å². The van der Waals surface area contributed by atoms with E-state index in [1.54, 1.807) is 30.3 Å². The molecule has 0 amide bonds. The first kappa shape index (κ1) is 13.3. The van der Waals surface area contributed by atoms with E-state index in [-0.39, 0.29) is 11.8 Å². The lowest BCUT2D eigenvalue weighted by molar-refractivity contribution is 0.0601. The molecule has 1 heterocycles. The van der Waals surface area contributed by atoms with Crippen LogP contribution in [0.2, 0.25) is 0 Å². The number of nitrogens with zero attached hydrogens (tertiary/aromatic N) is 1. The second-order valence-electron chi connectivity index (χ2n) is 4.71. The SMILES string of the molecule is COC(=O)c1ccc2nc(Cc3ccc(F)cc3)[nH]c2c1. The number of halogens is 1. The molecule has 21 heavy (non-hydrogen) atoms. The number of hydrogen-bond acceptors (Lipinski definition) is 3. The predicted octanol–water partition coefficient (Wildman–Crippen LogP) is 3.08. The molecule has 0 aliphatic heterocycles. The number of aromatic nitrogens is 2. The molecule has 3 rings (SSSR count). The topological polar surface area (TPSA) is 55.0 Å². The Kier molecular flexibility index (Phi) is 3.39. The highest BCUT2D eigenvalue weighted by molar-refractivity contribution is 5.93. The van der Waals surface area contributed by atoms with E-state index in [0.717, 1.165) is 22.4 Å². The minimum Gasteiger partial charge on any atom is -0.465 e. The minimum absolute atomic E-state index is 0.258. The van der Waals surface area contributed by atoms with E-state index in [4.69, 9.17) is 4.74 Å². The van der Waals surface area contributed by atoms with Crippen LogP contribution in [0, 0.1) is 5.82 Å². The molecule has 0 saturated carbocycles. The second-order valence-corrected chi connectivity index (χ2v) is 4.71. The maximum absolute atomic E-state index is 12.9. The van der Waals surface area contributed by atoms with Gasteiger partial charge in [-0.3, -0.25) is 0 Å². The number of carbonyl (C=O) groups excluding carboxylic acids is 1. The zero-order chi connectivity index (χ0) is 14.8. The Balaban J connectivity index is 1.90. The van der Waals surface area contributed by atoms with Crippen molar-refractivity contribution in [2.45, 2.75) is 6.42 Å². The number of hydrogen-bond donors (Lipinski definition) is 1. The Morgan fingerprint density at radius 3 is 2.71 bits per heavy atom. The standard InChI is InChI=1S/C16H13FN2O2/c1-21-16(20)11-4-7-13-14(9-11)19-15(18-13)8-10-2-5-12(17)6-3-10/h2-7,9H,8H2,1H3,(H,18,19). The summed E-state index contributed by atoms with van der Waals surface area (Å²) in [7, 11) is 1.35. The van der Waals surface area contributed by atoms with Gasteiger partial charge in [0.2, 0.25) is 0 Å². The molecule has 0 radical (unpaired) electrons. The molecule has 0 atom stereocenters. The highest BCUT2D eigenvalue weighted by atomic mass is 19.1. The molecule has 0 aliphatic carbocycles. The van der Waals surface area contributed by atoms with E-state index in [1.807, 2.05) is 0 Å². The first-order valence-corrected chi connectivity index (χ1v) is 6.47. The van der Waals surface area contributed by atoms with Gasteiger partial charge in [0.1, 0.15) is 11.6 Å². The third kappa shape index (κ3) is 2.76. The van der Waals surface area contributed by atoms with Crippen molar-refractivity contribution >= 4 is 17.0 Å². The van der Waals surface area contributed by atoms with Gasteiger partial charge < -0.3 is 9.72 Å². The summed E-state index contributed by atoms with van der Waals surface area (Å²) in [4.78, 5) is 19.1. The number of fused-ring (bicyclic) bond motifs is 1. The van der Waals surface area contributed by atoms with Crippen molar-refractivity contribution in [1.82, 2.24) is 9.97 Å². The number of H-pyrrole nitrogens is 1. The minimum atomic E-state index is -0.383. The Morgan fingerprint density at radius 1 is 1.24 bits per heavy atom. The summed E-state index contributed by atoms with van der Waals surface area (Å²) in [5, 5.41) is 0. The molecular weight excluding hydrogens is 271 g/mol. The Bertz CT molecular complexity index is 794. The molecule has 0 bridgehead atoms. The van der Waals surface area contributed by atoms with Crippen molar-refractivity contribution in [1.29, 1.82) is 0 Å². The number of esters is 1. The Morgan fingerprint density at radius 2 is 2.00 bits per heavy atom. The van der Waals surface area contributed by atoms with Crippen LogP contribution < -0.4 is 0 Å². The lowest BCUT2D eigenvalue weighted by Gasteiger charge is -1.98. The van der Waals surface area contributed by atoms with E-state index in [1.165, 1.54) is 19.2 Å². The summed E-state index contributed by atoms with van der Waals surface area (Å²) >= 11 is 0. The van der Waals surface area contributed by atoms with Crippen molar-refractivity contribution in [3.05, 3.63) is 65.2 Å². The molecule has 0 spiro atoms. The molecule has 0 unspecified atom stereocenters. The summed E-state index contributed by atoms with van der Waals surface area (Å²) in [6.45, 7) is 0. The first-order valence-electron chi connectivity index (χ1n) is 6.47. The Hall–Kier alpha value is -2.69. The van der Waals surface area contributed by atoms with Crippen molar-refractivity contribution < 1.29 is 13.9 Å². The van der Waals surface area contributed by atoms with Gasteiger partial charge in [0, 0.05) is 6.42 Å². The van der Waals surface area contributed by atoms with Crippen LogP contribution in [0.4, 0.5) is 4.39 Å². The zero-order valence-corrected chi connectivity index (χ0v) is 11.4. The van der Waals surface area contributed by atoms with Gasteiger partial charge in [0.15, 0.2) is 0 Å². The summed E-state index contributed by atoms with van der Waals surface area (Å²) in [5.41, 5.74) is 2.99. The van der Waals surface area contributed by atoms with Crippen molar-refractivity contribution in [3.63, 3.8) is 0 Å². The van der Waals surface area contributed by atoms with Crippen LogP contribution in [-0.2, 0) is 11.2 Å². The second kappa shape index (κ2) is 5.36. The van der Waals surface area contributed by atoms with Gasteiger partial charge in [-0.15, -0.1) is 0 Å². The molecule has 4 nitrogen and oxygen atoms in total. The van der Waals surface area contributed by atoms with Gasteiger partial charge in [-0.1, -0.05) is 12.1 Å². The highest BCUT2D eigenvalue weighted by Gasteiger charge is 2.09. The third-order valence-corrected chi connectivity index (χ3v) is 3.24. The molecule has 1 N–H and O–H groups in total. The number of nitrogens with one attached hydrogen (secondary N) is 1. The smallest absolute Gasteiger partial charge is 0.337 e. The molecule has 5 heteroatoms. The van der Waals surface area contributed by atoms with E-state index in [9.17, 15) is 9.18 Å². The first-order chi connectivity index (χ1) is 10.2. The molecule has 0 aliphatic rings.